The quantitative estimate of drug-likeness (QED) is 0.380. The maximum Gasteiger partial charge on any atom is 0.309 e. The Bertz CT molecular complexity index is 785. The van der Waals surface area contributed by atoms with Crippen LogP contribution in [0.25, 0.3) is 0 Å². The van der Waals surface area contributed by atoms with Crippen molar-refractivity contribution in [3.05, 3.63) is 12.2 Å². The fourth-order valence-corrected chi connectivity index (χ4v) is 11.6. The van der Waals surface area contributed by atoms with Crippen molar-refractivity contribution in [2.45, 2.75) is 63.9 Å². The summed E-state index contributed by atoms with van der Waals surface area (Å²) in [4.78, 5) is 13.5. The number of esters is 1. The van der Waals surface area contributed by atoms with Crippen molar-refractivity contribution in [2.75, 3.05) is 0 Å². The molecule has 0 heterocycles. The molecule has 2 nitrogen and oxygen atoms in total. The van der Waals surface area contributed by atoms with Crippen LogP contribution in [0.3, 0.4) is 0 Å². The van der Waals surface area contributed by atoms with Gasteiger partial charge in [-0.05, 0) is 123 Å². The van der Waals surface area contributed by atoms with Crippen LogP contribution in [0.5, 0.6) is 0 Å². The normalized spacial score (nSPS) is 66.1. The van der Waals surface area contributed by atoms with Crippen LogP contribution >= 0.6 is 0 Å². The highest BCUT2D eigenvalue weighted by atomic mass is 16.6. The van der Waals surface area contributed by atoms with Crippen LogP contribution in [0.2, 0.25) is 0 Å². The van der Waals surface area contributed by atoms with Gasteiger partial charge in [-0.1, -0.05) is 12.2 Å². The van der Waals surface area contributed by atoms with Gasteiger partial charge < -0.3 is 4.74 Å². The first-order valence-corrected chi connectivity index (χ1v) is 12.5. The Labute approximate surface area is 168 Å². The van der Waals surface area contributed by atoms with Gasteiger partial charge in [-0.25, -0.2) is 0 Å². The molecule has 150 valence electrons. The Hall–Kier alpha value is -0.790. The molecule has 14 unspecified atom stereocenters. The largest absolute Gasteiger partial charge is 0.459 e. The van der Waals surface area contributed by atoms with Crippen LogP contribution in [0.15, 0.2) is 12.2 Å². The predicted molar refractivity (Wildman–Crippen MR) is 106 cm³/mol. The van der Waals surface area contributed by atoms with E-state index in [0.717, 1.165) is 65.6 Å². The summed E-state index contributed by atoms with van der Waals surface area (Å²) in [7, 11) is 0. The molecule has 0 radical (unpaired) electrons. The lowest BCUT2D eigenvalue weighted by atomic mass is 9.66. The van der Waals surface area contributed by atoms with E-state index >= 15 is 0 Å². The lowest BCUT2D eigenvalue weighted by molar-refractivity contribution is -0.176. The van der Waals surface area contributed by atoms with Gasteiger partial charge in [0.25, 0.3) is 0 Å². The number of carbonyl (C=O) groups excluding carboxylic acids is 1. The number of hydrogen-bond acceptors (Lipinski definition) is 2. The van der Waals surface area contributed by atoms with Crippen molar-refractivity contribution in [1.29, 1.82) is 0 Å². The molecule has 28 heavy (non-hydrogen) atoms. The Kier molecular flexibility index (Phi) is 2.80. The zero-order valence-electron chi connectivity index (χ0n) is 17.1. The van der Waals surface area contributed by atoms with Gasteiger partial charge in [-0.15, -0.1) is 0 Å². The molecule has 0 aromatic rings. The first-order chi connectivity index (χ1) is 13.6. The van der Waals surface area contributed by atoms with Crippen LogP contribution in [0, 0.1) is 76.9 Å². The van der Waals surface area contributed by atoms with Gasteiger partial charge in [0.2, 0.25) is 0 Å². The van der Waals surface area contributed by atoms with Crippen molar-refractivity contribution >= 4 is 5.97 Å². The minimum atomic E-state index is -0.136. The summed E-state index contributed by atoms with van der Waals surface area (Å²) < 4.78 is 6.56. The second-order valence-corrected chi connectivity index (χ2v) is 12.6. The van der Waals surface area contributed by atoms with Crippen LogP contribution in [-0.4, -0.2) is 11.6 Å². The van der Waals surface area contributed by atoms with Crippen molar-refractivity contribution in [1.82, 2.24) is 0 Å². The maximum atomic E-state index is 13.5. The second kappa shape index (κ2) is 4.92. The van der Waals surface area contributed by atoms with Crippen LogP contribution in [-0.2, 0) is 9.53 Å². The van der Waals surface area contributed by atoms with Gasteiger partial charge in [-0.2, -0.15) is 0 Å². The molecule has 14 atom stereocenters. The molecule has 2 heteroatoms. The topological polar surface area (TPSA) is 26.3 Å². The van der Waals surface area contributed by atoms with Gasteiger partial charge in [0, 0.05) is 5.92 Å². The minimum absolute atomic E-state index is 0.136. The van der Waals surface area contributed by atoms with Gasteiger partial charge in [0.1, 0.15) is 5.60 Å². The van der Waals surface area contributed by atoms with Crippen molar-refractivity contribution in [3.63, 3.8) is 0 Å². The summed E-state index contributed by atoms with van der Waals surface area (Å²) >= 11 is 0. The molecule has 0 aromatic carbocycles. The Morgan fingerprint density at radius 2 is 1.61 bits per heavy atom. The summed E-state index contributed by atoms with van der Waals surface area (Å²) in [5.74, 6) is 10.7. The standard InChI is InChI=1S/C26H34O2/c1-26(11-17-10-20(26)24-15-5-3-13(7-15)22(17)24)28-25(27)19-9-16-8-18(19)23-14-4-2-12(6-14)21(16)23/h2,4,12-24H,3,5-11H2,1H3. The molecule has 7 fully saturated rings. The monoisotopic (exact) mass is 378 g/mol. The maximum absolute atomic E-state index is 13.5. The number of hydrogen-bond donors (Lipinski definition) is 0. The van der Waals surface area contributed by atoms with Crippen molar-refractivity contribution < 1.29 is 9.53 Å². The van der Waals surface area contributed by atoms with Gasteiger partial charge in [0.05, 0.1) is 5.92 Å². The van der Waals surface area contributed by atoms with E-state index in [0.29, 0.717) is 11.8 Å². The number of allylic oxidation sites excluding steroid dienone is 2. The van der Waals surface area contributed by atoms with E-state index < -0.39 is 0 Å². The average Bonchev–Trinajstić information content (AvgIpc) is 3.52. The molecule has 0 N–H and O–H groups in total. The zero-order chi connectivity index (χ0) is 18.4. The van der Waals surface area contributed by atoms with Crippen molar-refractivity contribution in [2.24, 2.45) is 76.9 Å². The number of ether oxygens (including phenoxy) is 1. The van der Waals surface area contributed by atoms with E-state index in [4.69, 9.17) is 4.74 Å². The molecule has 0 aliphatic heterocycles. The highest BCUT2D eigenvalue weighted by molar-refractivity contribution is 5.74. The Morgan fingerprint density at radius 1 is 0.821 bits per heavy atom. The molecule has 8 bridgehead atoms. The molecule has 7 saturated carbocycles. The summed E-state index contributed by atoms with van der Waals surface area (Å²) in [5.41, 5.74) is -0.136. The van der Waals surface area contributed by atoms with E-state index in [2.05, 4.69) is 19.1 Å². The van der Waals surface area contributed by atoms with Gasteiger partial charge in [-0.3, -0.25) is 4.79 Å². The Balaban J connectivity index is 1.03. The molecule has 8 rings (SSSR count). The summed E-state index contributed by atoms with van der Waals surface area (Å²) in [6.07, 6.45) is 15.8. The van der Waals surface area contributed by atoms with E-state index in [1.54, 1.807) is 0 Å². The zero-order valence-corrected chi connectivity index (χ0v) is 17.1. The third kappa shape index (κ3) is 1.70. The third-order valence-electron chi connectivity index (χ3n) is 12.0. The van der Waals surface area contributed by atoms with Gasteiger partial charge >= 0.3 is 5.97 Å². The fourth-order valence-electron chi connectivity index (χ4n) is 11.6. The third-order valence-corrected chi connectivity index (χ3v) is 12.0. The smallest absolute Gasteiger partial charge is 0.309 e. The van der Waals surface area contributed by atoms with Crippen molar-refractivity contribution in [3.8, 4) is 0 Å². The fraction of sp³-hybridized carbons (Fsp3) is 0.885. The summed E-state index contributed by atoms with van der Waals surface area (Å²) in [6.45, 7) is 2.33. The van der Waals surface area contributed by atoms with Crippen LogP contribution in [0.4, 0.5) is 0 Å². The lowest BCUT2D eigenvalue weighted by Gasteiger charge is -2.45. The molecule has 8 aliphatic carbocycles. The molecule has 0 aromatic heterocycles. The molecular weight excluding hydrogens is 344 g/mol. The first kappa shape index (κ1) is 16.0. The van der Waals surface area contributed by atoms with E-state index in [1.165, 1.54) is 44.9 Å². The highest BCUT2D eigenvalue weighted by Crippen LogP contribution is 2.71. The second-order valence-electron chi connectivity index (χ2n) is 12.6. The van der Waals surface area contributed by atoms with Gasteiger partial charge in [0.15, 0.2) is 0 Å². The lowest BCUT2D eigenvalue weighted by Crippen LogP contribution is -2.47. The van der Waals surface area contributed by atoms with E-state index in [1.807, 2.05) is 0 Å². The number of carbonyl (C=O) groups is 1. The number of rotatable bonds is 2. The number of fused-ring (bicyclic) bond motifs is 18. The summed E-state index contributed by atoms with van der Waals surface area (Å²) in [6, 6.07) is 0. The average molecular weight is 379 g/mol. The first-order valence-electron chi connectivity index (χ1n) is 12.5. The predicted octanol–water partition coefficient (Wildman–Crippen LogP) is 5.08. The van der Waals surface area contributed by atoms with Crippen LogP contribution < -0.4 is 0 Å². The summed E-state index contributed by atoms with van der Waals surface area (Å²) in [5, 5.41) is 0. The van der Waals surface area contributed by atoms with Crippen LogP contribution in [0.1, 0.15) is 58.3 Å². The molecule has 0 spiro atoms. The van der Waals surface area contributed by atoms with E-state index in [-0.39, 0.29) is 17.5 Å². The van der Waals surface area contributed by atoms with E-state index in [9.17, 15) is 4.79 Å². The molecule has 8 aliphatic rings. The molecular formula is C26H34O2. The SMILES string of the molecule is CC1(OC(=O)C2CC3CC2C2C4C=CC(C4)C32)CC2CC1C1C3CCC(C3)C21. The highest BCUT2D eigenvalue weighted by Gasteiger charge is 2.68. The Morgan fingerprint density at radius 3 is 2.46 bits per heavy atom. The molecule has 0 saturated heterocycles. The minimum Gasteiger partial charge on any atom is -0.459 e. The molecule has 0 amide bonds.